The first-order chi connectivity index (χ1) is 6.70. The van der Waals surface area contributed by atoms with Gasteiger partial charge in [0.1, 0.15) is 0 Å². The van der Waals surface area contributed by atoms with Gasteiger partial charge in [0.15, 0.2) is 11.0 Å². The SMILES string of the molecule is Cn1c(S)nnc1-c1ccc[nH]c1=O. The Labute approximate surface area is 85.2 Å². The highest BCUT2D eigenvalue weighted by molar-refractivity contribution is 7.80. The van der Waals surface area contributed by atoms with Crippen molar-refractivity contribution in [2.75, 3.05) is 0 Å². The molecular weight excluding hydrogens is 200 g/mol. The molecule has 0 saturated heterocycles. The minimum atomic E-state index is -0.184. The molecule has 0 atom stereocenters. The Kier molecular flexibility index (Phi) is 2.12. The molecule has 0 aromatic carbocycles. The summed E-state index contributed by atoms with van der Waals surface area (Å²) in [4.78, 5) is 14.0. The molecule has 2 rings (SSSR count). The van der Waals surface area contributed by atoms with Crippen LogP contribution in [0.1, 0.15) is 0 Å². The number of aromatic nitrogens is 4. The first-order valence-electron chi connectivity index (χ1n) is 3.96. The molecule has 0 radical (unpaired) electrons. The average molecular weight is 208 g/mol. The molecule has 2 aromatic heterocycles. The summed E-state index contributed by atoms with van der Waals surface area (Å²) < 4.78 is 1.65. The van der Waals surface area contributed by atoms with Crippen LogP contribution < -0.4 is 5.56 Å². The Morgan fingerprint density at radius 2 is 2.29 bits per heavy atom. The zero-order valence-electron chi connectivity index (χ0n) is 7.43. The minimum absolute atomic E-state index is 0.184. The van der Waals surface area contributed by atoms with Gasteiger partial charge >= 0.3 is 0 Å². The molecule has 0 unspecified atom stereocenters. The molecule has 6 heteroatoms. The van der Waals surface area contributed by atoms with Gasteiger partial charge in [0.25, 0.3) is 5.56 Å². The van der Waals surface area contributed by atoms with E-state index in [4.69, 9.17) is 0 Å². The molecule has 72 valence electrons. The van der Waals surface area contributed by atoms with Crippen molar-refractivity contribution >= 4 is 12.6 Å². The minimum Gasteiger partial charge on any atom is -0.328 e. The lowest BCUT2D eigenvalue weighted by atomic mass is 10.2. The smallest absolute Gasteiger partial charge is 0.259 e. The third-order valence-corrected chi connectivity index (χ3v) is 2.30. The predicted octanol–water partition coefficient (Wildman–Crippen LogP) is 0.459. The van der Waals surface area contributed by atoms with Crippen LogP contribution in [-0.4, -0.2) is 19.7 Å². The highest BCUT2D eigenvalue weighted by Crippen LogP contribution is 2.13. The average Bonchev–Trinajstić information content (AvgIpc) is 2.49. The van der Waals surface area contributed by atoms with Crippen molar-refractivity contribution in [1.82, 2.24) is 19.7 Å². The Morgan fingerprint density at radius 1 is 1.50 bits per heavy atom. The number of nitrogens with zero attached hydrogens (tertiary/aromatic N) is 3. The Hall–Kier alpha value is -1.56. The van der Waals surface area contributed by atoms with E-state index in [1.165, 1.54) is 0 Å². The second-order valence-corrected chi connectivity index (χ2v) is 3.20. The van der Waals surface area contributed by atoms with Gasteiger partial charge in [0.2, 0.25) is 0 Å². The lowest BCUT2D eigenvalue weighted by Crippen LogP contribution is -2.09. The molecule has 14 heavy (non-hydrogen) atoms. The number of aromatic amines is 1. The summed E-state index contributed by atoms with van der Waals surface area (Å²) in [5, 5.41) is 8.10. The molecule has 5 nitrogen and oxygen atoms in total. The van der Waals surface area contributed by atoms with Crippen molar-refractivity contribution in [2.45, 2.75) is 5.16 Å². The van der Waals surface area contributed by atoms with Gasteiger partial charge in [0.05, 0.1) is 5.56 Å². The molecule has 0 aliphatic heterocycles. The van der Waals surface area contributed by atoms with E-state index in [9.17, 15) is 4.79 Å². The van der Waals surface area contributed by atoms with Crippen molar-refractivity contribution < 1.29 is 0 Å². The Balaban J connectivity index is 2.67. The number of nitrogens with one attached hydrogen (secondary N) is 1. The number of H-pyrrole nitrogens is 1. The molecule has 0 aliphatic rings. The zero-order chi connectivity index (χ0) is 10.1. The quantitative estimate of drug-likeness (QED) is 0.669. The summed E-state index contributed by atoms with van der Waals surface area (Å²) >= 11 is 4.08. The maximum absolute atomic E-state index is 11.4. The number of hydrogen-bond donors (Lipinski definition) is 2. The molecule has 0 bridgehead atoms. The van der Waals surface area contributed by atoms with Crippen LogP contribution in [0.4, 0.5) is 0 Å². The fraction of sp³-hybridized carbons (Fsp3) is 0.125. The van der Waals surface area contributed by atoms with E-state index >= 15 is 0 Å². The topological polar surface area (TPSA) is 63.6 Å². The summed E-state index contributed by atoms with van der Waals surface area (Å²) in [5.74, 6) is 0.511. The standard InChI is InChI=1S/C8H8N4OS/c1-12-6(10-11-8(12)14)5-3-2-4-9-7(5)13/h2-4H,1H3,(H,9,13)(H,11,14). The van der Waals surface area contributed by atoms with E-state index in [-0.39, 0.29) is 5.56 Å². The van der Waals surface area contributed by atoms with E-state index in [0.29, 0.717) is 16.5 Å². The molecule has 0 spiro atoms. The maximum Gasteiger partial charge on any atom is 0.259 e. The van der Waals surface area contributed by atoms with Crippen LogP contribution in [0.2, 0.25) is 0 Å². The van der Waals surface area contributed by atoms with Crippen molar-refractivity contribution in [2.24, 2.45) is 7.05 Å². The third kappa shape index (κ3) is 1.33. The van der Waals surface area contributed by atoms with Gasteiger partial charge in [-0.15, -0.1) is 22.8 Å². The van der Waals surface area contributed by atoms with Crippen LogP contribution in [-0.2, 0) is 7.05 Å². The largest absolute Gasteiger partial charge is 0.328 e. The van der Waals surface area contributed by atoms with E-state index in [1.54, 1.807) is 29.9 Å². The third-order valence-electron chi connectivity index (χ3n) is 1.91. The second kappa shape index (κ2) is 3.30. The summed E-state index contributed by atoms with van der Waals surface area (Å²) in [6.07, 6.45) is 1.57. The van der Waals surface area contributed by atoms with Gasteiger partial charge in [-0.25, -0.2) is 0 Å². The van der Waals surface area contributed by atoms with Gasteiger partial charge in [-0.05, 0) is 12.1 Å². The number of pyridine rings is 1. The first-order valence-corrected chi connectivity index (χ1v) is 4.41. The normalized spacial score (nSPS) is 10.4. The Bertz CT molecular complexity index is 516. The van der Waals surface area contributed by atoms with Crippen LogP contribution in [0, 0.1) is 0 Å². The lowest BCUT2D eigenvalue weighted by molar-refractivity contribution is 0.797. The van der Waals surface area contributed by atoms with Crippen LogP contribution in [0.25, 0.3) is 11.4 Å². The van der Waals surface area contributed by atoms with Crippen LogP contribution >= 0.6 is 12.6 Å². The van der Waals surface area contributed by atoms with Gasteiger partial charge in [0, 0.05) is 13.2 Å². The molecular formula is C8H8N4OS. The molecule has 2 aromatic rings. The molecule has 0 fully saturated rings. The fourth-order valence-electron chi connectivity index (χ4n) is 1.15. The monoisotopic (exact) mass is 208 g/mol. The van der Waals surface area contributed by atoms with Gasteiger partial charge in [-0.1, -0.05) is 0 Å². The molecule has 1 N–H and O–H groups in total. The molecule has 0 saturated carbocycles. The van der Waals surface area contributed by atoms with E-state index < -0.39 is 0 Å². The Morgan fingerprint density at radius 3 is 2.86 bits per heavy atom. The summed E-state index contributed by atoms with van der Waals surface area (Å²) in [6, 6.07) is 3.43. The molecule has 2 heterocycles. The van der Waals surface area contributed by atoms with E-state index in [1.807, 2.05) is 0 Å². The van der Waals surface area contributed by atoms with Crippen LogP contribution in [0.5, 0.6) is 0 Å². The van der Waals surface area contributed by atoms with Crippen molar-refractivity contribution in [3.8, 4) is 11.4 Å². The summed E-state index contributed by atoms with van der Waals surface area (Å²) in [6.45, 7) is 0. The van der Waals surface area contributed by atoms with Crippen LogP contribution in [0.3, 0.4) is 0 Å². The summed E-state index contributed by atoms with van der Waals surface area (Å²) in [7, 11) is 1.75. The fourth-order valence-corrected chi connectivity index (χ4v) is 1.29. The number of thiol groups is 1. The van der Waals surface area contributed by atoms with Crippen LogP contribution in [0.15, 0.2) is 28.3 Å². The highest BCUT2D eigenvalue weighted by Gasteiger charge is 2.10. The van der Waals surface area contributed by atoms with Gasteiger partial charge in [-0.3, -0.25) is 4.79 Å². The van der Waals surface area contributed by atoms with Crippen molar-refractivity contribution in [3.63, 3.8) is 0 Å². The van der Waals surface area contributed by atoms with E-state index in [2.05, 4.69) is 27.8 Å². The van der Waals surface area contributed by atoms with Crippen molar-refractivity contribution in [1.29, 1.82) is 0 Å². The second-order valence-electron chi connectivity index (χ2n) is 2.80. The van der Waals surface area contributed by atoms with Gasteiger partial charge in [-0.2, -0.15) is 0 Å². The summed E-state index contributed by atoms with van der Waals surface area (Å²) in [5.41, 5.74) is 0.305. The molecule has 0 aliphatic carbocycles. The lowest BCUT2D eigenvalue weighted by Gasteiger charge is -1.98. The number of hydrogen-bond acceptors (Lipinski definition) is 4. The number of rotatable bonds is 1. The zero-order valence-corrected chi connectivity index (χ0v) is 8.32. The predicted molar refractivity (Wildman–Crippen MR) is 54.3 cm³/mol. The van der Waals surface area contributed by atoms with E-state index in [0.717, 1.165) is 0 Å². The molecule has 0 amide bonds. The highest BCUT2D eigenvalue weighted by atomic mass is 32.1. The van der Waals surface area contributed by atoms with Crippen molar-refractivity contribution in [3.05, 3.63) is 28.7 Å². The maximum atomic E-state index is 11.4. The first kappa shape index (κ1) is 9.01. The van der Waals surface area contributed by atoms with Gasteiger partial charge < -0.3 is 9.55 Å².